The summed E-state index contributed by atoms with van der Waals surface area (Å²) in [6.45, 7) is 4.21. The first kappa shape index (κ1) is 24.1. The minimum atomic E-state index is -3.68. The van der Waals surface area contributed by atoms with Gasteiger partial charge in [0.25, 0.3) is 15.9 Å². The lowest BCUT2D eigenvalue weighted by molar-refractivity contribution is -0.123. The van der Waals surface area contributed by atoms with Crippen LogP contribution in [0.25, 0.3) is 0 Å². The van der Waals surface area contributed by atoms with E-state index in [4.69, 9.17) is 9.47 Å². The fourth-order valence-corrected chi connectivity index (χ4v) is 4.66. The Labute approximate surface area is 195 Å². The first-order valence-corrected chi connectivity index (χ1v) is 12.0. The topological polar surface area (TPSA) is 84.9 Å². The highest BCUT2D eigenvalue weighted by molar-refractivity contribution is 7.92. The Morgan fingerprint density at radius 2 is 1.52 bits per heavy atom. The summed E-state index contributed by atoms with van der Waals surface area (Å²) < 4.78 is 38.1. The molecule has 0 unspecified atom stereocenters. The third kappa shape index (κ3) is 6.26. The van der Waals surface area contributed by atoms with Crippen molar-refractivity contribution in [2.45, 2.75) is 25.3 Å². The Kier molecular flexibility index (Phi) is 7.95. The zero-order chi connectivity index (χ0) is 23.8. The van der Waals surface area contributed by atoms with Crippen LogP contribution in [0.4, 0.5) is 5.69 Å². The Bertz CT molecular complexity index is 1160. The number of hydrogen-bond acceptors (Lipinski definition) is 5. The van der Waals surface area contributed by atoms with Gasteiger partial charge in [0.15, 0.2) is 6.61 Å². The SMILES string of the molecule is CCN(c1ccc(OCC(=O)NCc2ccc(OC)cc2)cc1)S(=O)(=O)c1ccc(C)cc1. The van der Waals surface area contributed by atoms with Crippen molar-refractivity contribution in [3.63, 3.8) is 0 Å². The summed E-state index contributed by atoms with van der Waals surface area (Å²) in [6, 6.07) is 20.8. The third-order valence-electron chi connectivity index (χ3n) is 5.04. The minimum Gasteiger partial charge on any atom is -0.497 e. The molecule has 0 atom stereocenters. The van der Waals surface area contributed by atoms with Crippen LogP contribution in [0, 0.1) is 6.92 Å². The number of hydrogen-bond donors (Lipinski definition) is 1. The van der Waals surface area contributed by atoms with Gasteiger partial charge in [-0.2, -0.15) is 0 Å². The third-order valence-corrected chi connectivity index (χ3v) is 6.96. The molecule has 8 heteroatoms. The molecule has 33 heavy (non-hydrogen) atoms. The van der Waals surface area contributed by atoms with Crippen molar-refractivity contribution in [1.29, 1.82) is 0 Å². The van der Waals surface area contributed by atoms with Gasteiger partial charge in [0.05, 0.1) is 17.7 Å². The molecule has 0 aromatic heterocycles. The molecule has 0 saturated heterocycles. The van der Waals surface area contributed by atoms with E-state index in [0.717, 1.165) is 16.9 Å². The Balaban J connectivity index is 1.57. The van der Waals surface area contributed by atoms with Gasteiger partial charge in [-0.15, -0.1) is 0 Å². The molecule has 0 aliphatic rings. The molecule has 0 fully saturated rings. The van der Waals surface area contributed by atoms with Crippen LogP contribution < -0.4 is 19.1 Å². The van der Waals surface area contributed by atoms with Crippen molar-refractivity contribution in [3.05, 3.63) is 83.9 Å². The lowest BCUT2D eigenvalue weighted by Gasteiger charge is -2.23. The van der Waals surface area contributed by atoms with Crippen LogP contribution in [0.15, 0.2) is 77.7 Å². The molecule has 174 valence electrons. The smallest absolute Gasteiger partial charge is 0.264 e. The summed E-state index contributed by atoms with van der Waals surface area (Å²) in [6.07, 6.45) is 0. The second kappa shape index (κ2) is 10.9. The van der Waals surface area contributed by atoms with E-state index in [1.807, 2.05) is 31.2 Å². The minimum absolute atomic E-state index is 0.144. The number of nitrogens with one attached hydrogen (secondary N) is 1. The zero-order valence-corrected chi connectivity index (χ0v) is 19.8. The van der Waals surface area contributed by atoms with Gasteiger partial charge in [-0.05, 0) is 67.9 Å². The Morgan fingerprint density at radius 1 is 0.909 bits per heavy atom. The Hall–Kier alpha value is -3.52. The molecule has 0 aliphatic heterocycles. The number of carbonyl (C=O) groups is 1. The average Bonchev–Trinajstić information content (AvgIpc) is 2.83. The fourth-order valence-electron chi connectivity index (χ4n) is 3.18. The van der Waals surface area contributed by atoms with Crippen molar-refractivity contribution < 1.29 is 22.7 Å². The van der Waals surface area contributed by atoms with Crippen molar-refractivity contribution in [3.8, 4) is 11.5 Å². The molecule has 3 aromatic rings. The van der Waals surface area contributed by atoms with Crippen LogP contribution in [-0.2, 0) is 21.4 Å². The molecule has 0 spiro atoms. The molecule has 0 heterocycles. The number of nitrogens with zero attached hydrogens (tertiary/aromatic N) is 1. The molecule has 0 bridgehead atoms. The highest BCUT2D eigenvalue weighted by atomic mass is 32.2. The number of aryl methyl sites for hydroxylation is 1. The second-order valence-electron chi connectivity index (χ2n) is 7.39. The summed E-state index contributed by atoms with van der Waals surface area (Å²) in [5.74, 6) is 0.972. The first-order valence-electron chi connectivity index (χ1n) is 10.6. The van der Waals surface area contributed by atoms with E-state index >= 15 is 0 Å². The molecule has 1 N–H and O–H groups in total. The average molecular weight is 469 g/mol. The summed E-state index contributed by atoms with van der Waals surface area (Å²) in [5.41, 5.74) is 2.46. The molecule has 7 nitrogen and oxygen atoms in total. The fraction of sp³-hybridized carbons (Fsp3) is 0.240. The maximum Gasteiger partial charge on any atom is 0.264 e. The van der Waals surface area contributed by atoms with Gasteiger partial charge in [-0.3, -0.25) is 9.10 Å². The van der Waals surface area contributed by atoms with Gasteiger partial charge in [-0.1, -0.05) is 29.8 Å². The van der Waals surface area contributed by atoms with E-state index in [1.165, 1.54) is 4.31 Å². The van der Waals surface area contributed by atoms with Crippen LogP contribution in [0.1, 0.15) is 18.1 Å². The van der Waals surface area contributed by atoms with E-state index in [1.54, 1.807) is 62.6 Å². The van der Waals surface area contributed by atoms with Crippen molar-refractivity contribution in [2.24, 2.45) is 0 Å². The number of amides is 1. The summed E-state index contributed by atoms with van der Waals surface area (Å²) in [7, 11) is -2.08. The van der Waals surface area contributed by atoms with Gasteiger partial charge >= 0.3 is 0 Å². The molecule has 3 aromatic carbocycles. The standard InChI is InChI=1S/C25H28N2O5S/c1-4-27(33(29,30)24-15-5-19(2)6-16-24)21-9-13-23(14-10-21)32-18-25(28)26-17-20-7-11-22(31-3)12-8-20/h5-16H,4,17-18H2,1-3H3,(H,26,28). The van der Waals surface area contributed by atoms with Crippen molar-refractivity contribution in [1.82, 2.24) is 5.32 Å². The summed E-state index contributed by atoms with van der Waals surface area (Å²) in [4.78, 5) is 12.3. The number of methoxy groups -OCH3 is 1. The molecule has 0 radical (unpaired) electrons. The van der Waals surface area contributed by atoms with E-state index in [0.29, 0.717) is 18.0 Å². The lowest BCUT2D eigenvalue weighted by atomic mass is 10.2. The van der Waals surface area contributed by atoms with E-state index in [9.17, 15) is 13.2 Å². The molecule has 3 rings (SSSR count). The maximum absolute atomic E-state index is 13.0. The van der Waals surface area contributed by atoms with Gasteiger partial charge in [0.1, 0.15) is 11.5 Å². The van der Waals surface area contributed by atoms with Gasteiger partial charge in [0, 0.05) is 13.1 Å². The van der Waals surface area contributed by atoms with Crippen LogP contribution in [0.3, 0.4) is 0 Å². The number of anilines is 1. The van der Waals surface area contributed by atoms with E-state index < -0.39 is 10.0 Å². The quantitative estimate of drug-likeness (QED) is 0.488. The second-order valence-corrected chi connectivity index (χ2v) is 9.25. The van der Waals surface area contributed by atoms with Crippen LogP contribution in [0.2, 0.25) is 0 Å². The largest absolute Gasteiger partial charge is 0.497 e. The first-order chi connectivity index (χ1) is 15.8. The highest BCUT2D eigenvalue weighted by Crippen LogP contribution is 2.26. The number of carbonyl (C=O) groups excluding carboxylic acids is 1. The molecular formula is C25H28N2O5S. The lowest BCUT2D eigenvalue weighted by Crippen LogP contribution is -2.30. The number of ether oxygens (including phenoxy) is 2. The normalized spacial score (nSPS) is 11.0. The predicted molar refractivity (Wildman–Crippen MR) is 128 cm³/mol. The number of sulfonamides is 1. The van der Waals surface area contributed by atoms with E-state index in [2.05, 4.69) is 5.32 Å². The van der Waals surface area contributed by atoms with Crippen molar-refractivity contribution >= 4 is 21.6 Å². The molecule has 0 aliphatic carbocycles. The summed E-state index contributed by atoms with van der Waals surface area (Å²) in [5, 5.41) is 2.80. The van der Waals surface area contributed by atoms with Gasteiger partial charge in [0.2, 0.25) is 0 Å². The van der Waals surface area contributed by atoms with Crippen LogP contribution in [0.5, 0.6) is 11.5 Å². The van der Waals surface area contributed by atoms with Crippen LogP contribution >= 0.6 is 0 Å². The molecule has 1 amide bonds. The monoisotopic (exact) mass is 468 g/mol. The van der Waals surface area contributed by atoms with Gasteiger partial charge < -0.3 is 14.8 Å². The predicted octanol–water partition coefficient (Wildman–Crippen LogP) is 3.91. The zero-order valence-electron chi connectivity index (χ0n) is 18.9. The number of rotatable bonds is 10. The Morgan fingerprint density at radius 3 is 2.09 bits per heavy atom. The molecule has 0 saturated carbocycles. The van der Waals surface area contributed by atoms with Crippen molar-refractivity contribution in [2.75, 3.05) is 24.6 Å². The van der Waals surface area contributed by atoms with Crippen LogP contribution in [-0.4, -0.2) is 34.6 Å². The highest BCUT2D eigenvalue weighted by Gasteiger charge is 2.23. The van der Waals surface area contributed by atoms with E-state index in [-0.39, 0.29) is 24.0 Å². The van der Waals surface area contributed by atoms with Gasteiger partial charge in [-0.25, -0.2) is 8.42 Å². The summed E-state index contributed by atoms with van der Waals surface area (Å²) >= 11 is 0. The number of benzene rings is 3. The molecular weight excluding hydrogens is 440 g/mol. The maximum atomic E-state index is 13.0.